The van der Waals surface area contributed by atoms with Crippen molar-refractivity contribution in [1.29, 1.82) is 0 Å². The van der Waals surface area contributed by atoms with Crippen LogP contribution in [-0.2, 0) is 4.74 Å². The molecule has 1 unspecified atom stereocenters. The second kappa shape index (κ2) is 3.75. The monoisotopic (exact) mass is 209 g/mol. The van der Waals surface area contributed by atoms with Crippen LogP contribution in [0.25, 0.3) is 0 Å². The van der Waals surface area contributed by atoms with Crippen molar-refractivity contribution in [3.8, 4) is 0 Å². The number of nitrogens with zero attached hydrogens (tertiary/aromatic N) is 1. The summed E-state index contributed by atoms with van der Waals surface area (Å²) >= 11 is 0. The highest BCUT2D eigenvalue weighted by atomic mass is 16.7. The Hall–Kier alpha value is -0.800. The normalized spacial score (nSPS) is 42.7. The predicted octanol–water partition coefficient (Wildman–Crippen LogP) is -2.94. The van der Waals surface area contributed by atoms with Gasteiger partial charge in [-0.05, 0) is 0 Å². The molecular formula is C6H11NO7. The maximum absolute atomic E-state index is 10.1. The molecule has 1 saturated heterocycles. The Morgan fingerprint density at radius 2 is 2.07 bits per heavy atom. The van der Waals surface area contributed by atoms with Crippen molar-refractivity contribution >= 4 is 0 Å². The topological polar surface area (TPSA) is 133 Å². The number of hydrogen-bond donors (Lipinski definition) is 4. The fourth-order valence-electron chi connectivity index (χ4n) is 1.29. The van der Waals surface area contributed by atoms with E-state index in [2.05, 4.69) is 4.74 Å². The molecule has 0 radical (unpaired) electrons. The molecule has 0 aliphatic carbocycles. The maximum atomic E-state index is 10.1. The lowest BCUT2D eigenvalue weighted by Gasteiger charge is -2.22. The zero-order valence-corrected chi connectivity index (χ0v) is 7.11. The lowest BCUT2D eigenvalue weighted by atomic mass is 10.1. The second-order valence-corrected chi connectivity index (χ2v) is 3.11. The van der Waals surface area contributed by atoms with Gasteiger partial charge in [0.1, 0.15) is 12.2 Å². The van der Waals surface area contributed by atoms with Crippen molar-refractivity contribution in [3.05, 3.63) is 10.1 Å². The van der Waals surface area contributed by atoms with E-state index in [-0.39, 0.29) is 0 Å². The Labute approximate surface area is 78.5 Å². The number of hydrogen-bond acceptors (Lipinski definition) is 7. The summed E-state index contributed by atoms with van der Waals surface area (Å²) in [6.07, 6.45) is -4.66. The molecule has 1 rings (SSSR count). The summed E-state index contributed by atoms with van der Waals surface area (Å²) in [6, 6.07) is 0. The molecular weight excluding hydrogens is 198 g/mol. The van der Waals surface area contributed by atoms with Gasteiger partial charge in [-0.25, -0.2) is 0 Å². The molecule has 4 N–H and O–H groups in total. The highest BCUT2D eigenvalue weighted by molar-refractivity contribution is 4.94. The van der Waals surface area contributed by atoms with E-state index in [1.54, 1.807) is 0 Å². The molecule has 8 heteroatoms. The first-order valence-corrected chi connectivity index (χ1v) is 3.89. The van der Waals surface area contributed by atoms with Crippen LogP contribution in [0.4, 0.5) is 0 Å². The Morgan fingerprint density at radius 1 is 1.50 bits per heavy atom. The first kappa shape index (κ1) is 11.3. The van der Waals surface area contributed by atoms with Crippen LogP contribution in [0.5, 0.6) is 0 Å². The van der Waals surface area contributed by atoms with Crippen LogP contribution in [0.3, 0.4) is 0 Å². The minimum Gasteiger partial charge on any atom is -0.391 e. The quantitative estimate of drug-likeness (QED) is 0.288. The summed E-state index contributed by atoms with van der Waals surface area (Å²) in [5, 5.41) is 46.5. The van der Waals surface area contributed by atoms with E-state index < -0.39 is 42.2 Å². The lowest BCUT2D eigenvalue weighted by molar-refractivity contribution is -0.495. The standard InChI is InChI=1S/C6H11NO7/c8-2-6(11)5(10)4(9)3(14-6)1-7(12)13/h3-5,8-11H,1-2H2/t3-,4-,5+,6?/m1/s1. The summed E-state index contributed by atoms with van der Waals surface area (Å²) in [5.74, 6) is -2.32. The highest BCUT2D eigenvalue weighted by Gasteiger charge is 2.54. The van der Waals surface area contributed by atoms with Crippen LogP contribution >= 0.6 is 0 Å². The number of nitro groups is 1. The average molecular weight is 209 g/mol. The van der Waals surface area contributed by atoms with Gasteiger partial charge in [-0.15, -0.1) is 0 Å². The number of aliphatic hydroxyl groups is 4. The van der Waals surface area contributed by atoms with Gasteiger partial charge in [-0.3, -0.25) is 10.1 Å². The first-order chi connectivity index (χ1) is 6.40. The van der Waals surface area contributed by atoms with Crippen molar-refractivity contribution < 1.29 is 30.1 Å². The minimum absolute atomic E-state index is 0.746. The predicted molar refractivity (Wildman–Crippen MR) is 40.8 cm³/mol. The third-order valence-electron chi connectivity index (χ3n) is 2.08. The van der Waals surface area contributed by atoms with E-state index in [1.165, 1.54) is 0 Å². The van der Waals surface area contributed by atoms with Gasteiger partial charge in [0.05, 0.1) is 6.61 Å². The van der Waals surface area contributed by atoms with E-state index >= 15 is 0 Å². The fourth-order valence-corrected chi connectivity index (χ4v) is 1.29. The SMILES string of the molecule is O=[N+]([O-])C[C@H]1OC(O)(CO)[C@@H](O)[C@@H]1O. The van der Waals surface area contributed by atoms with E-state index in [0.29, 0.717) is 0 Å². The van der Waals surface area contributed by atoms with Gasteiger partial charge >= 0.3 is 0 Å². The van der Waals surface area contributed by atoms with Crippen LogP contribution < -0.4 is 0 Å². The van der Waals surface area contributed by atoms with Gasteiger partial charge in [-0.2, -0.15) is 0 Å². The van der Waals surface area contributed by atoms with Crippen LogP contribution in [0, 0.1) is 10.1 Å². The van der Waals surface area contributed by atoms with Gasteiger partial charge in [0.15, 0.2) is 6.10 Å². The van der Waals surface area contributed by atoms with Crippen molar-refractivity contribution in [2.75, 3.05) is 13.2 Å². The molecule has 1 aliphatic heterocycles. The van der Waals surface area contributed by atoms with E-state index in [9.17, 15) is 25.4 Å². The molecule has 0 aromatic heterocycles. The summed E-state index contributed by atoms with van der Waals surface area (Å²) in [5.41, 5.74) is 0. The van der Waals surface area contributed by atoms with E-state index in [0.717, 1.165) is 0 Å². The minimum atomic E-state index is -2.32. The lowest BCUT2D eigenvalue weighted by Crippen LogP contribution is -2.46. The molecule has 0 aromatic rings. The summed E-state index contributed by atoms with van der Waals surface area (Å²) in [4.78, 5) is 9.35. The Bertz CT molecular complexity index is 234. The number of ether oxygens (including phenoxy) is 1. The van der Waals surface area contributed by atoms with Gasteiger partial charge < -0.3 is 25.2 Å². The fraction of sp³-hybridized carbons (Fsp3) is 1.00. The molecule has 8 nitrogen and oxygen atoms in total. The molecule has 0 amide bonds. The Morgan fingerprint density at radius 3 is 2.43 bits per heavy atom. The highest BCUT2D eigenvalue weighted by Crippen LogP contribution is 2.28. The molecule has 1 heterocycles. The van der Waals surface area contributed by atoms with Crippen LogP contribution in [0.15, 0.2) is 0 Å². The molecule has 0 spiro atoms. The maximum Gasteiger partial charge on any atom is 0.232 e. The van der Waals surface area contributed by atoms with Crippen LogP contribution in [-0.4, -0.2) is 62.6 Å². The van der Waals surface area contributed by atoms with Crippen LogP contribution in [0.2, 0.25) is 0 Å². The molecule has 0 aromatic carbocycles. The third-order valence-corrected chi connectivity index (χ3v) is 2.08. The first-order valence-electron chi connectivity index (χ1n) is 3.89. The van der Waals surface area contributed by atoms with Crippen molar-refractivity contribution in [1.82, 2.24) is 0 Å². The van der Waals surface area contributed by atoms with Crippen molar-refractivity contribution in [2.45, 2.75) is 24.1 Å². The van der Waals surface area contributed by atoms with E-state index in [4.69, 9.17) is 5.11 Å². The zero-order chi connectivity index (χ0) is 10.9. The van der Waals surface area contributed by atoms with Gasteiger partial charge in [0.25, 0.3) is 0 Å². The molecule has 1 fully saturated rings. The summed E-state index contributed by atoms with van der Waals surface area (Å²) < 4.78 is 4.60. The summed E-state index contributed by atoms with van der Waals surface area (Å²) in [6.45, 7) is -1.69. The molecule has 14 heavy (non-hydrogen) atoms. The van der Waals surface area contributed by atoms with Crippen molar-refractivity contribution in [2.24, 2.45) is 0 Å². The molecule has 1 aliphatic rings. The van der Waals surface area contributed by atoms with Crippen molar-refractivity contribution in [3.63, 3.8) is 0 Å². The van der Waals surface area contributed by atoms with E-state index in [1.807, 2.05) is 0 Å². The largest absolute Gasteiger partial charge is 0.391 e. The average Bonchev–Trinajstić information content (AvgIpc) is 2.31. The molecule has 82 valence electrons. The number of rotatable bonds is 3. The van der Waals surface area contributed by atoms with Crippen LogP contribution in [0.1, 0.15) is 0 Å². The zero-order valence-electron chi connectivity index (χ0n) is 7.11. The Balaban J connectivity index is 2.71. The molecule has 4 atom stereocenters. The number of aliphatic hydroxyl groups excluding tert-OH is 3. The third kappa shape index (κ3) is 1.83. The Kier molecular flexibility index (Phi) is 3.02. The van der Waals surface area contributed by atoms with Gasteiger partial charge in [0, 0.05) is 4.92 Å². The van der Waals surface area contributed by atoms with Gasteiger partial charge in [-0.1, -0.05) is 0 Å². The molecule has 0 saturated carbocycles. The summed E-state index contributed by atoms with van der Waals surface area (Å²) in [7, 11) is 0. The second-order valence-electron chi connectivity index (χ2n) is 3.11. The molecule has 0 bridgehead atoms. The smallest absolute Gasteiger partial charge is 0.232 e. The van der Waals surface area contributed by atoms with Gasteiger partial charge in [0.2, 0.25) is 12.3 Å².